The zero-order valence-electron chi connectivity index (χ0n) is 15.8. The molecule has 0 unspecified atom stereocenters. The molecule has 0 radical (unpaired) electrons. The maximum absolute atomic E-state index is 11.3. The maximum atomic E-state index is 11.3. The normalized spacial score (nSPS) is 11.8. The number of hydrogen-bond acceptors (Lipinski definition) is 7. The van der Waals surface area contributed by atoms with Crippen LogP contribution in [0, 0.1) is 0 Å². The maximum Gasteiger partial charge on any atom is 0.295 e. The Hall–Kier alpha value is -3.38. The van der Waals surface area contributed by atoms with Crippen molar-refractivity contribution in [2.45, 2.75) is 9.79 Å². The molecule has 0 heterocycles. The monoisotopic (exact) mass is 462 g/mol. The van der Waals surface area contributed by atoms with E-state index in [0.29, 0.717) is 6.07 Å². The Bertz CT molecular complexity index is 1510. The number of phenols is 1. The molecule has 4 aromatic rings. The van der Waals surface area contributed by atoms with E-state index < -0.39 is 35.8 Å². The number of benzene rings is 4. The van der Waals surface area contributed by atoms with Gasteiger partial charge in [0.25, 0.3) is 20.2 Å². The fourth-order valence-corrected chi connectivity index (χ4v) is 4.40. The molecule has 4 rings (SSSR count). The lowest BCUT2D eigenvalue weighted by Crippen LogP contribution is -2.05. The van der Waals surface area contributed by atoms with Crippen molar-refractivity contribution in [3.63, 3.8) is 0 Å². The Morgan fingerprint density at radius 3 is 1.97 bits per heavy atom. The number of fused-ring (bicyclic) bond motifs is 2. The van der Waals surface area contributed by atoms with Crippen molar-refractivity contribution in [3.8, 4) is 5.75 Å². The van der Waals surface area contributed by atoms with Gasteiger partial charge in [0.05, 0.1) is 10.6 Å². The van der Waals surface area contributed by atoms with Gasteiger partial charge < -0.3 is 16.6 Å². The predicted molar refractivity (Wildman–Crippen MR) is 118 cm³/mol. The van der Waals surface area contributed by atoms with Crippen molar-refractivity contribution >= 4 is 53.2 Å². The molecule has 0 amide bonds. The highest BCUT2D eigenvalue weighted by molar-refractivity contribution is 7.86. The summed E-state index contributed by atoms with van der Waals surface area (Å²) in [4.78, 5) is -1.54. The molecule has 0 saturated heterocycles. The molecular formula is C20H18N2O7S2. The number of rotatable bonds is 2. The lowest BCUT2D eigenvalue weighted by Gasteiger charge is -2.10. The molecule has 0 aliphatic rings. The molecule has 4 aromatic carbocycles. The van der Waals surface area contributed by atoms with Gasteiger partial charge in [0, 0.05) is 16.5 Å². The van der Waals surface area contributed by atoms with Crippen LogP contribution in [0.25, 0.3) is 21.5 Å². The Labute approximate surface area is 178 Å². The molecule has 0 bridgehead atoms. The summed E-state index contributed by atoms with van der Waals surface area (Å²) in [6, 6.07) is 17.9. The third kappa shape index (κ3) is 4.70. The fraction of sp³-hybridized carbons (Fsp3) is 0. The molecule has 31 heavy (non-hydrogen) atoms. The summed E-state index contributed by atoms with van der Waals surface area (Å²) in [6.45, 7) is 0. The van der Waals surface area contributed by atoms with Crippen molar-refractivity contribution < 1.29 is 31.0 Å². The average molecular weight is 463 g/mol. The summed E-state index contributed by atoms with van der Waals surface area (Å²) in [7, 11) is -9.50. The van der Waals surface area contributed by atoms with E-state index in [0.717, 1.165) is 23.2 Å². The zero-order valence-corrected chi connectivity index (χ0v) is 17.4. The van der Waals surface area contributed by atoms with Crippen molar-refractivity contribution in [3.05, 3.63) is 66.7 Å². The van der Waals surface area contributed by atoms with E-state index in [2.05, 4.69) is 12.1 Å². The molecule has 0 saturated carbocycles. The summed E-state index contributed by atoms with van der Waals surface area (Å²) in [6.07, 6.45) is 0. The Morgan fingerprint density at radius 1 is 0.710 bits per heavy atom. The molecule has 0 aliphatic heterocycles. The quantitative estimate of drug-likeness (QED) is 0.170. The number of phenolic OH excluding ortho intramolecular Hbond substituents is 1. The molecule has 162 valence electrons. The lowest BCUT2D eigenvalue weighted by molar-refractivity contribution is 0.478. The molecule has 11 heteroatoms. The SMILES string of the molecule is Nc1c(O)ccc2cc(S(=O)(=O)O)cc(S(=O)(=O)O)c12.Nc1cccc2ccccc12. The summed E-state index contributed by atoms with van der Waals surface area (Å²) >= 11 is 0. The lowest BCUT2D eigenvalue weighted by atomic mass is 10.1. The fourth-order valence-electron chi connectivity index (χ4n) is 3.02. The molecule has 0 fully saturated rings. The van der Waals surface area contributed by atoms with Gasteiger partial charge in [-0.1, -0.05) is 42.5 Å². The van der Waals surface area contributed by atoms with Crippen molar-refractivity contribution in [1.29, 1.82) is 0 Å². The number of nitrogen functional groups attached to an aromatic ring is 2. The zero-order chi connectivity index (χ0) is 23.0. The molecule has 9 nitrogen and oxygen atoms in total. The van der Waals surface area contributed by atoms with Crippen LogP contribution in [0.1, 0.15) is 0 Å². The summed E-state index contributed by atoms with van der Waals surface area (Å²) < 4.78 is 63.0. The number of nitrogens with two attached hydrogens (primary N) is 2. The number of hydrogen-bond donors (Lipinski definition) is 5. The minimum Gasteiger partial charge on any atom is -0.506 e. The van der Waals surface area contributed by atoms with Gasteiger partial charge in [0.1, 0.15) is 10.6 Å². The summed E-state index contributed by atoms with van der Waals surface area (Å²) in [5.74, 6) is -0.429. The first-order valence-electron chi connectivity index (χ1n) is 8.63. The minimum absolute atomic E-state index is 0.0167. The Morgan fingerprint density at radius 2 is 1.35 bits per heavy atom. The second kappa shape index (κ2) is 8.04. The summed E-state index contributed by atoms with van der Waals surface area (Å²) in [5.41, 5.74) is 11.8. The molecule has 0 aromatic heterocycles. The van der Waals surface area contributed by atoms with Crippen molar-refractivity contribution in [2.24, 2.45) is 0 Å². The third-order valence-electron chi connectivity index (χ3n) is 4.47. The third-order valence-corrected chi connectivity index (χ3v) is 6.18. The van der Waals surface area contributed by atoms with Gasteiger partial charge in [-0.25, -0.2) is 0 Å². The first-order chi connectivity index (χ1) is 14.4. The molecule has 0 spiro atoms. The van der Waals surface area contributed by atoms with E-state index >= 15 is 0 Å². The van der Waals surface area contributed by atoms with Gasteiger partial charge >= 0.3 is 0 Å². The average Bonchev–Trinajstić information content (AvgIpc) is 2.69. The second-order valence-corrected chi connectivity index (χ2v) is 9.35. The molecule has 7 N–H and O–H groups in total. The van der Waals surface area contributed by atoms with E-state index in [9.17, 15) is 21.9 Å². The topological polar surface area (TPSA) is 181 Å². The van der Waals surface area contributed by atoms with Gasteiger partial charge in [0.15, 0.2) is 0 Å². The molecule has 0 atom stereocenters. The van der Waals surface area contributed by atoms with Crippen LogP contribution in [-0.2, 0) is 20.2 Å². The minimum atomic E-state index is -4.82. The number of anilines is 2. The summed E-state index contributed by atoms with van der Waals surface area (Å²) in [5, 5.41) is 11.6. The van der Waals surface area contributed by atoms with E-state index in [1.54, 1.807) is 0 Å². The van der Waals surface area contributed by atoms with Crippen molar-refractivity contribution in [1.82, 2.24) is 0 Å². The Balaban J connectivity index is 0.000000207. The predicted octanol–water partition coefficient (Wildman–Crippen LogP) is 3.04. The molecule has 0 aliphatic carbocycles. The van der Waals surface area contributed by atoms with Crippen molar-refractivity contribution in [2.75, 3.05) is 11.5 Å². The highest BCUT2D eigenvalue weighted by Gasteiger charge is 2.22. The van der Waals surface area contributed by atoms with Crippen LogP contribution in [0.2, 0.25) is 0 Å². The van der Waals surface area contributed by atoms with Gasteiger partial charge in [-0.3, -0.25) is 9.11 Å². The van der Waals surface area contributed by atoms with E-state index in [1.165, 1.54) is 11.5 Å². The Kier molecular flexibility index (Phi) is 5.79. The van der Waals surface area contributed by atoms with Crippen LogP contribution >= 0.6 is 0 Å². The molecular weight excluding hydrogens is 444 g/mol. The van der Waals surface area contributed by atoms with E-state index in [-0.39, 0.29) is 16.5 Å². The highest BCUT2D eigenvalue weighted by Crippen LogP contribution is 2.36. The highest BCUT2D eigenvalue weighted by atomic mass is 32.2. The van der Waals surface area contributed by atoms with Gasteiger partial charge in [-0.15, -0.1) is 0 Å². The smallest absolute Gasteiger partial charge is 0.295 e. The first kappa shape index (κ1) is 22.3. The van der Waals surface area contributed by atoms with Crippen LogP contribution in [0.5, 0.6) is 5.75 Å². The van der Waals surface area contributed by atoms with Crippen LogP contribution in [-0.4, -0.2) is 31.0 Å². The van der Waals surface area contributed by atoms with Gasteiger partial charge in [-0.2, -0.15) is 16.8 Å². The first-order valence-corrected chi connectivity index (χ1v) is 11.5. The van der Waals surface area contributed by atoms with E-state index in [1.807, 2.05) is 30.3 Å². The number of aromatic hydroxyl groups is 1. The van der Waals surface area contributed by atoms with Gasteiger partial charge in [-0.05, 0) is 35.0 Å². The van der Waals surface area contributed by atoms with Crippen LogP contribution < -0.4 is 11.5 Å². The second-order valence-electron chi connectivity index (χ2n) is 6.54. The largest absolute Gasteiger partial charge is 0.506 e. The standard InChI is InChI=1S/C10H9NO7S2.C10H9N/c11-10-7(12)2-1-5-3-6(19(13,14)15)4-8(9(5)10)20(16,17)18;11-10-7-3-5-8-4-1-2-6-9(8)10/h1-4,12H,11H2,(H,13,14,15)(H,16,17,18);1-7H,11H2. The van der Waals surface area contributed by atoms with Crippen LogP contribution in [0.4, 0.5) is 11.4 Å². The van der Waals surface area contributed by atoms with E-state index in [4.69, 9.17) is 20.6 Å². The van der Waals surface area contributed by atoms with Gasteiger partial charge in [0.2, 0.25) is 0 Å². The van der Waals surface area contributed by atoms with Crippen LogP contribution in [0.15, 0.2) is 76.5 Å². The van der Waals surface area contributed by atoms with Crippen LogP contribution in [0.3, 0.4) is 0 Å².